The van der Waals surface area contributed by atoms with Crippen molar-refractivity contribution in [3.63, 3.8) is 0 Å². The first-order valence-electron chi connectivity index (χ1n) is 10.6. The van der Waals surface area contributed by atoms with E-state index in [0.717, 1.165) is 36.1 Å². The minimum atomic E-state index is -0.0745. The summed E-state index contributed by atoms with van der Waals surface area (Å²) in [7, 11) is 0. The Bertz CT molecular complexity index is 814. The summed E-state index contributed by atoms with van der Waals surface area (Å²) in [5.41, 5.74) is 2.23. The van der Waals surface area contributed by atoms with Crippen LogP contribution >= 0.6 is 0 Å². The van der Waals surface area contributed by atoms with Crippen LogP contribution in [-0.2, 0) is 22.4 Å². The van der Waals surface area contributed by atoms with Gasteiger partial charge in [0.05, 0.1) is 6.61 Å². The van der Waals surface area contributed by atoms with Crippen molar-refractivity contribution in [1.29, 1.82) is 0 Å². The summed E-state index contributed by atoms with van der Waals surface area (Å²) in [6.45, 7) is 3.23. The number of aryl methyl sites for hydroxylation is 1. The lowest BCUT2D eigenvalue weighted by molar-refractivity contribution is -0.123. The smallest absolute Gasteiger partial charge is 0.258 e. The van der Waals surface area contributed by atoms with Gasteiger partial charge >= 0.3 is 0 Å². The molecule has 0 unspecified atom stereocenters. The highest BCUT2D eigenvalue weighted by Crippen LogP contribution is 2.18. The fraction of sp³-hybridized carbons (Fsp3) is 0.417. The number of carbonyl (C=O) groups is 2. The average molecular weight is 411 g/mol. The fourth-order valence-electron chi connectivity index (χ4n) is 3.01. The second-order valence-corrected chi connectivity index (χ2v) is 7.45. The monoisotopic (exact) mass is 410 g/mol. The summed E-state index contributed by atoms with van der Waals surface area (Å²) in [6, 6.07) is 15.8. The minimum absolute atomic E-state index is 0.0419. The van der Waals surface area contributed by atoms with Crippen molar-refractivity contribution in [3.05, 3.63) is 59.7 Å². The van der Waals surface area contributed by atoms with E-state index in [9.17, 15) is 9.59 Å². The van der Waals surface area contributed by atoms with E-state index in [0.29, 0.717) is 37.8 Å². The quantitative estimate of drug-likeness (QED) is 0.564. The molecule has 2 N–H and O–H groups in total. The summed E-state index contributed by atoms with van der Waals surface area (Å²) in [6.07, 6.45) is 4.05. The molecule has 2 amide bonds. The van der Waals surface area contributed by atoms with Gasteiger partial charge in [-0.15, -0.1) is 0 Å². The van der Waals surface area contributed by atoms with Gasteiger partial charge in [-0.1, -0.05) is 24.3 Å². The first-order valence-corrected chi connectivity index (χ1v) is 10.6. The van der Waals surface area contributed by atoms with Crippen LogP contribution in [0.1, 0.15) is 37.3 Å². The third kappa shape index (κ3) is 7.78. The summed E-state index contributed by atoms with van der Waals surface area (Å²) in [5.74, 6) is 1.49. The Kier molecular flexibility index (Phi) is 8.12. The van der Waals surface area contributed by atoms with E-state index in [4.69, 9.17) is 9.47 Å². The predicted molar refractivity (Wildman–Crippen MR) is 116 cm³/mol. The molecule has 0 spiro atoms. The molecule has 0 heterocycles. The highest BCUT2D eigenvalue weighted by atomic mass is 16.5. The van der Waals surface area contributed by atoms with Gasteiger partial charge in [0.2, 0.25) is 5.91 Å². The Labute approximate surface area is 178 Å². The van der Waals surface area contributed by atoms with Crippen molar-refractivity contribution in [3.8, 4) is 11.5 Å². The third-order valence-electron chi connectivity index (χ3n) is 4.85. The van der Waals surface area contributed by atoms with Gasteiger partial charge in [-0.2, -0.15) is 0 Å². The molecule has 1 fully saturated rings. The molecule has 30 heavy (non-hydrogen) atoms. The lowest BCUT2D eigenvalue weighted by atomic mass is 10.1. The maximum atomic E-state index is 12.1. The van der Waals surface area contributed by atoms with Gasteiger partial charge in [-0.25, -0.2) is 0 Å². The minimum Gasteiger partial charge on any atom is -0.494 e. The van der Waals surface area contributed by atoms with E-state index < -0.39 is 0 Å². The lowest BCUT2D eigenvalue weighted by Crippen LogP contribution is -2.30. The first-order chi connectivity index (χ1) is 14.6. The van der Waals surface area contributed by atoms with Crippen molar-refractivity contribution in [2.45, 2.75) is 45.1 Å². The molecule has 0 aromatic heterocycles. The number of ether oxygens (including phenoxy) is 2. The van der Waals surface area contributed by atoms with Gasteiger partial charge in [0.15, 0.2) is 6.61 Å². The number of amides is 2. The molecule has 1 aliphatic rings. The number of benzene rings is 2. The van der Waals surface area contributed by atoms with Crippen LogP contribution in [0.2, 0.25) is 0 Å². The molecule has 1 aliphatic carbocycles. The van der Waals surface area contributed by atoms with Gasteiger partial charge < -0.3 is 20.1 Å². The highest BCUT2D eigenvalue weighted by Gasteiger charge is 2.23. The molecule has 3 rings (SSSR count). The molecule has 0 radical (unpaired) electrons. The van der Waals surface area contributed by atoms with Gasteiger partial charge in [-0.3, -0.25) is 9.59 Å². The molecule has 6 nitrogen and oxygen atoms in total. The highest BCUT2D eigenvalue weighted by molar-refractivity contribution is 5.78. The molecule has 0 aliphatic heterocycles. The lowest BCUT2D eigenvalue weighted by Gasteiger charge is -2.09. The van der Waals surface area contributed by atoms with Crippen LogP contribution in [0.3, 0.4) is 0 Å². The Balaban J connectivity index is 1.30. The molecular weight excluding hydrogens is 380 g/mol. The molecule has 2 aromatic rings. The third-order valence-corrected chi connectivity index (χ3v) is 4.85. The van der Waals surface area contributed by atoms with Crippen molar-refractivity contribution in [1.82, 2.24) is 10.6 Å². The average Bonchev–Trinajstić information content (AvgIpc) is 3.57. The normalized spacial score (nSPS) is 12.8. The number of nitrogens with one attached hydrogen (secondary N) is 2. The largest absolute Gasteiger partial charge is 0.494 e. The second kappa shape index (κ2) is 11.2. The molecule has 6 heteroatoms. The zero-order valence-electron chi connectivity index (χ0n) is 17.5. The zero-order valence-corrected chi connectivity index (χ0v) is 17.5. The van der Waals surface area contributed by atoms with E-state index in [-0.39, 0.29) is 18.4 Å². The number of hydrogen-bond donors (Lipinski definition) is 2. The Morgan fingerprint density at radius 2 is 1.47 bits per heavy atom. The summed E-state index contributed by atoms with van der Waals surface area (Å²) in [4.78, 5) is 23.7. The van der Waals surface area contributed by atoms with E-state index in [1.807, 2.05) is 55.5 Å². The molecule has 2 aromatic carbocycles. The van der Waals surface area contributed by atoms with E-state index >= 15 is 0 Å². The summed E-state index contributed by atoms with van der Waals surface area (Å²) < 4.78 is 10.9. The standard InChI is InChI=1S/C24H30N2O4/c1-2-29-21-10-3-18(4-11-21)7-14-23(27)25-16-15-19-5-12-22(13-6-19)30-17-24(28)26-20-8-9-20/h3-6,10-13,20H,2,7-9,14-17H2,1H3,(H,25,27)(H,26,28). The van der Waals surface area contributed by atoms with Gasteiger partial charge in [0.25, 0.3) is 5.91 Å². The Morgan fingerprint density at radius 1 is 0.867 bits per heavy atom. The van der Waals surface area contributed by atoms with Crippen molar-refractivity contribution in [2.75, 3.05) is 19.8 Å². The van der Waals surface area contributed by atoms with Crippen molar-refractivity contribution in [2.24, 2.45) is 0 Å². The molecule has 0 bridgehead atoms. The molecule has 0 saturated heterocycles. The fourth-order valence-corrected chi connectivity index (χ4v) is 3.01. The van der Waals surface area contributed by atoms with Gasteiger partial charge in [-0.05, 0) is 68.0 Å². The van der Waals surface area contributed by atoms with Crippen molar-refractivity contribution < 1.29 is 19.1 Å². The van der Waals surface area contributed by atoms with Crippen LogP contribution in [0, 0.1) is 0 Å². The van der Waals surface area contributed by atoms with Gasteiger partial charge in [0.1, 0.15) is 11.5 Å². The molecule has 0 atom stereocenters. The first kappa shape index (κ1) is 21.7. The Morgan fingerprint density at radius 3 is 2.07 bits per heavy atom. The van der Waals surface area contributed by atoms with E-state index in [2.05, 4.69) is 10.6 Å². The SMILES string of the molecule is CCOc1ccc(CCC(=O)NCCc2ccc(OCC(=O)NC3CC3)cc2)cc1. The number of rotatable bonds is 12. The van der Waals surface area contributed by atoms with Crippen LogP contribution in [-0.4, -0.2) is 37.6 Å². The summed E-state index contributed by atoms with van der Waals surface area (Å²) in [5, 5.41) is 5.86. The number of carbonyl (C=O) groups excluding carboxylic acids is 2. The summed E-state index contributed by atoms with van der Waals surface area (Å²) >= 11 is 0. The molecular formula is C24H30N2O4. The maximum Gasteiger partial charge on any atom is 0.258 e. The maximum absolute atomic E-state index is 12.1. The molecule has 160 valence electrons. The van der Waals surface area contributed by atoms with Crippen LogP contribution < -0.4 is 20.1 Å². The number of hydrogen-bond acceptors (Lipinski definition) is 4. The zero-order chi connectivity index (χ0) is 21.2. The van der Waals surface area contributed by atoms with Gasteiger partial charge in [0, 0.05) is 19.0 Å². The van der Waals surface area contributed by atoms with Crippen LogP contribution in [0.25, 0.3) is 0 Å². The van der Waals surface area contributed by atoms with Crippen molar-refractivity contribution >= 4 is 11.8 Å². The second-order valence-electron chi connectivity index (χ2n) is 7.45. The van der Waals surface area contributed by atoms with E-state index in [1.54, 1.807) is 0 Å². The topological polar surface area (TPSA) is 76.7 Å². The van der Waals surface area contributed by atoms with E-state index in [1.165, 1.54) is 0 Å². The van der Waals surface area contributed by atoms with Crippen LogP contribution in [0.5, 0.6) is 11.5 Å². The Hall–Kier alpha value is -3.02. The van der Waals surface area contributed by atoms with Crippen LogP contribution in [0.4, 0.5) is 0 Å². The predicted octanol–water partition coefficient (Wildman–Crippen LogP) is 3.03. The molecule has 1 saturated carbocycles. The van der Waals surface area contributed by atoms with Crippen LogP contribution in [0.15, 0.2) is 48.5 Å².